The average Bonchev–Trinajstić information content (AvgIpc) is 2.82. The summed E-state index contributed by atoms with van der Waals surface area (Å²) < 4.78 is 13.9. The van der Waals surface area contributed by atoms with Gasteiger partial charge in [0.05, 0.1) is 11.3 Å². The van der Waals surface area contributed by atoms with Gasteiger partial charge in [0.2, 0.25) is 0 Å². The molecule has 0 aliphatic heterocycles. The molecule has 21 heavy (non-hydrogen) atoms. The standard InChI is InChI=1S/C17H25FN2O/c1-4-12-9-10-15(11(12)3)20-17(21)13-7-6-8-14(18)16(13)19-5-2/h6-8,11-12,15,19H,4-5,9-10H2,1-3H3,(H,20,21). The third-order valence-corrected chi connectivity index (χ3v) is 4.68. The fraction of sp³-hybridized carbons (Fsp3) is 0.588. The minimum absolute atomic E-state index is 0.181. The van der Waals surface area contributed by atoms with Crippen LogP contribution in [0.5, 0.6) is 0 Å². The van der Waals surface area contributed by atoms with E-state index in [1.54, 1.807) is 12.1 Å². The van der Waals surface area contributed by atoms with Crippen LogP contribution >= 0.6 is 0 Å². The zero-order chi connectivity index (χ0) is 15.4. The molecule has 0 heterocycles. The first-order valence-electron chi connectivity index (χ1n) is 7.91. The van der Waals surface area contributed by atoms with Gasteiger partial charge < -0.3 is 10.6 Å². The van der Waals surface area contributed by atoms with E-state index < -0.39 is 0 Å². The Hall–Kier alpha value is -1.58. The predicted octanol–water partition coefficient (Wildman–Crippen LogP) is 3.81. The lowest BCUT2D eigenvalue weighted by atomic mass is 9.93. The zero-order valence-corrected chi connectivity index (χ0v) is 13.1. The maximum absolute atomic E-state index is 13.9. The average molecular weight is 292 g/mol. The number of nitrogens with one attached hydrogen (secondary N) is 2. The van der Waals surface area contributed by atoms with Gasteiger partial charge in [0.1, 0.15) is 5.82 Å². The number of hydrogen-bond acceptors (Lipinski definition) is 2. The van der Waals surface area contributed by atoms with Gasteiger partial charge in [0, 0.05) is 12.6 Å². The van der Waals surface area contributed by atoms with E-state index in [1.807, 2.05) is 6.92 Å². The van der Waals surface area contributed by atoms with E-state index in [2.05, 4.69) is 24.5 Å². The van der Waals surface area contributed by atoms with Crippen LogP contribution in [0.1, 0.15) is 50.4 Å². The summed E-state index contributed by atoms with van der Waals surface area (Å²) in [7, 11) is 0. The first-order valence-corrected chi connectivity index (χ1v) is 7.91. The molecule has 116 valence electrons. The molecule has 2 rings (SSSR count). The number of rotatable bonds is 5. The van der Waals surface area contributed by atoms with Crippen LogP contribution < -0.4 is 10.6 Å². The maximum atomic E-state index is 13.9. The monoisotopic (exact) mass is 292 g/mol. The molecule has 1 aliphatic carbocycles. The van der Waals surface area contributed by atoms with E-state index >= 15 is 0 Å². The molecule has 3 atom stereocenters. The van der Waals surface area contributed by atoms with Crippen LogP contribution in [-0.2, 0) is 0 Å². The molecule has 1 amide bonds. The Labute approximate surface area is 126 Å². The van der Waals surface area contributed by atoms with Crippen LogP contribution in [0, 0.1) is 17.7 Å². The fourth-order valence-electron chi connectivity index (χ4n) is 3.34. The minimum Gasteiger partial charge on any atom is -0.382 e. The van der Waals surface area contributed by atoms with Crippen LogP contribution in [0.3, 0.4) is 0 Å². The van der Waals surface area contributed by atoms with E-state index in [1.165, 1.54) is 6.07 Å². The molecule has 0 radical (unpaired) electrons. The molecular weight excluding hydrogens is 267 g/mol. The Bertz CT molecular complexity index is 504. The summed E-state index contributed by atoms with van der Waals surface area (Å²) in [5, 5.41) is 6.04. The molecule has 1 aromatic rings. The number of hydrogen-bond donors (Lipinski definition) is 2. The molecule has 2 N–H and O–H groups in total. The van der Waals surface area contributed by atoms with Gasteiger partial charge in [-0.1, -0.05) is 26.3 Å². The normalized spacial score (nSPS) is 24.9. The molecule has 3 unspecified atom stereocenters. The van der Waals surface area contributed by atoms with Gasteiger partial charge in [-0.15, -0.1) is 0 Å². The minimum atomic E-state index is -0.379. The van der Waals surface area contributed by atoms with Crippen molar-refractivity contribution < 1.29 is 9.18 Å². The quantitative estimate of drug-likeness (QED) is 0.866. The van der Waals surface area contributed by atoms with E-state index in [0.29, 0.717) is 29.6 Å². The lowest BCUT2D eigenvalue weighted by Crippen LogP contribution is -2.37. The van der Waals surface area contributed by atoms with Crippen molar-refractivity contribution in [1.29, 1.82) is 0 Å². The SMILES string of the molecule is CCNc1c(F)cccc1C(=O)NC1CCC(CC)C1C. The first-order chi connectivity index (χ1) is 10.1. The summed E-state index contributed by atoms with van der Waals surface area (Å²) in [5.41, 5.74) is 0.694. The molecule has 3 nitrogen and oxygen atoms in total. The van der Waals surface area contributed by atoms with Gasteiger partial charge in [-0.2, -0.15) is 0 Å². The van der Waals surface area contributed by atoms with Crippen molar-refractivity contribution in [3.63, 3.8) is 0 Å². The van der Waals surface area contributed by atoms with Gasteiger partial charge in [-0.25, -0.2) is 4.39 Å². The summed E-state index contributed by atoms with van der Waals surface area (Å²) in [6, 6.07) is 4.83. The third-order valence-electron chi connectivity index (χ3n) is 4.68. The van der Waals surface area contributed by atoms with Crippen LogP contribution in [0.25, 0.3) is 0 Å². The second kappa shape index (κ2) is 6.92. The Morgan fingerprint density at radius 2 is 2.10 bits per heavy atom. The van der Waals surface area contributed by atoms with E-state index in [-0.39, 0.29) is 17.8 Å². The van der Waals surface area contributed by atoms with Gasteiger partial charge in [0.15, 0.2) is 0 Å². The van der Waals surface area contributed by atoms with Crippen molar-refractivity contribution in [3.05, 3.63) is 29.6 Å². The number of anilines is 1. The van der Waals surface area contributed by atoms with Crippen molar-refractivity contribution in [2.45, 2.75) is 46.1 Å². The van der Waals surface area contributed by atoms with Crippen LogP contribution in [-0.4, -0.2) is 18.5 Å². The number of amides is 1. The molecule has 1 aliphatic rings. The Morgan fingerprint density at radius 3 is 2.71 bits per heavy atom. The highest BCUT2D eigenvalue weighted by Gasteiger charge is 2.33. The topological polar surface area (TPSA) is 41.1 Å². The van der Waals surface area contributed by atoms with Crippen LogP contribution in [0.15, 0.2) is 18.2 Å². The van der Waals surface area contributed by atoms with Crippen molar-refractivity contribution in [2.24, 2.45) is 11.8 Å². The Balaban J connectivity index is 2.12. The zero-order valence-electron chi connectivity index (χ0n) is 13.1. The van der Waals surface area contributed by atoms with E-state index in [9.17, 15) is 9.18 Å². The molecule has 1 saturated carbocycles. The summed E-state index contributed by atoms with van der Waals surface area (Å²) in [6.07, 6.45) is 3.32. The van der Waals surface area contributed by atoms with Gasteiger partial charge in [-0.05, 0) is 43.7 Å². The lowest BCUT2D eigenvalue weighted by Gasteiger charge is -2.22. The molecule has 4 heteroatoms. The molecule has 0 saturated heterocycles. The molecular formula is C17H25FN2O. The van der Waals surface area contributed by atoms with Crippen molar-refractivity contribution in [2.75, 3.05) is 11.9 Å². The number of para-hydroxylation sites is 1. The Morgan fingerprint density at radius 1 is 1.33 bits per heavy atom. The van der Waals surface area contributed by atoms with Crippen LogP contribution in [0.2, 0.25) is 0 Å². The number of halogens is 1. The smallest absolute Gasteiger partial charge is 0.253 e. The highest BCUT2D eigenvalue weighted by atomic mass is 19.1. The molecule has 0 aromatic heterocycles. The van der Waals surface area contributed by atoms with Gasteiger partial charge in [-0.3, -0.25) is 4.79 Å². The summed E-state index contributed by atoms with van der Waals surface area (Å²) in [6.45, 7) is 6.86. The van der Waals surface area contributed by atoms with Crippen LogP contribution in [0.4, 0.5) is 10.1 Å². The first kappa shape index (κ1) is 15.8. The predicted molar refractivity (Wildman–Crippen MR) is 84.0 cm³/mol. The number of carbonyl (C=O) groups excluding carboxylic acids is 1. The largest absolute Gasteiger partial charge is 0.382 e. The molecule has 1 aromatic carbocycles. The third kappa shape index (κ3) is 3.36. The number of carbonyl (C=O) groups is 1. The molecule has 0 bridgehead atoms. The fourth-order valence-corrected chi connectivity index (χ4v) is 3.34. The van der Waals surface area contributed by atoms with E-state index in [4.69, 9.17) is 0 Å². The molecule has 1 fully saturated rings. The Kier molecular flexibility index (Phi) is 5.21. The number of benzene rings is 1. The van der Waals surface area contributed by atoms with Gasteiger partial charge >= 0.3 is 0 Å². The van der Waals surface area contributed by atoms with Gasteiger partial charge in [0.25, 0.3) is 5.91 Å². The molecule has 0 spiro atoms. The highest BCUT2D eigenvalue weighted by Crippen LogP contribution is 2.34. The summed E-state index contributed by atoms with van der Waals surface area (Å²) in [5.74, 6) is 0.598. The summed E-state index contributed by atoms with van der Waals surface area (Å²) >= 11 is 0. The van der Waals surface area contributed by atoms with Crippen molar-refractivity contribution >= 4 is 11.6 Å². The van der Waals surface area contributed by atoms with Crippen molar-refractivity contribution in [3.8, 4) is 0 Å². The second-order valence-electron chi connectivity index (χ2n) is 5.88. The lowest BCUT2D eigenvalue weighted by molar-refractivity contribution is 0.0927. The summed E-state index contributed by atoms with van der Waals surface area (Å²) in [4.78, 5) is 12.5. The van der Waals surface area contributed by atoms with Crippen molar-refractivity contribution in [1.82, 2.24) is 5.32 Å². The van der Waals surface area contributed by atoms with E-state index in [0.717, 1.165) is 19.3 Å². The second-order valence-corrected chi connectivity index (χ2v) is 5.88. The maximum Gasteiger partial charge on any atom is 0.253 e. The highest BCUT2D eigenvalue weighted by molar-refractivity contribution is 5.99.